The first-order valence-corrected chi connectivity index (χ1v) is 7.56. The van der Waals surface area contributed by atoms with Crippen LogP contribution < -0.4 is 0 Å². The number of fused-ring (bicyclic) bond motifs is 1. The molecule has 1 saturated heterocycles. The Labute approximate surface area is 130 Å². The molecular weight excluding hydrogens is 284 g/mol. The number of ether oxygens (including phenoxy) is 2. The van der Waals surface area contributed by atoms with Crippen LogP contribution in [0.5, 0.6) is 0 Å². The van der Waals surface area contributed by atoms with E-state index in [1.165, 1.54) is 6.92 Å². The summed E-state index contributed by atoms with van der Waals surface area (Å²) in [6.45, 7) is 8.85. The predicted molar refractivity (Wildman–Crippen MR) is 79.8 cm³/mol. The van der Waals surface area contributed by atoms with Crippen LogP contribution in [0, 0.1) is 11.8 Å². The zero-order chi connectivity index (χ0) is 16.4. The molecule has 1 fully saturated rings. The van der Waals surface area contributed by atoms with Gasteiger partial charge in [0.15, 0.2) is 5.78 Å². The molecule has 0 N–H and O–H groups in total. The van der Waals surface area contributed by atoms with Crippen LogP contribution in [0.15, 0.2) is 23.8 Å². The highest BCUT2D eigenvalue weighted by Gasteiger charge is 2.43. The van der Waals surface area contributed by atoms with E-state index in [-0.39, 0.29) is 29.7 Å². The molecule has 4 atom stereocenters. The molecule has 1 aliphatic carbocycles. The molecule has 0 bridgehead atoms. The second-order valence-corrected chi connectivity index (χ2v) is 6.15. The third-order valence-electron chi connectivity index (χ3n) is 4.42. The summed E-state index contributed by atoms with van der Waals surface area (Å²) in [7, 11) is 0. The predicted octanol–water partition coefficient (Wildman–Crippen LogP) is 2.35. The number of carbonyl (C=O) groups is 3. The third-order valence-corrected chi connectivity index (χ3v) is 4.42. The number of rotatable bonds is 1. The second-order valence-electron chi connectivity index (χ2n) is 6.15. The maximum Gasteiger partial charge on any atom is 0.309 e. The van der Waals surface area contributed by atoms with Gasteiger partial charge in [-0.25, -0.2) is 0 Å². The second kappa shape index (κ2) is 6.46. The number of allylic oxidation sites excluding steroid dienone is 1. The van der Waals surface area contributed by atoms with Crippen molar-refractivity contribution in [3.8, 4) is 0 Å². The summed E-state index contributed by atoms with van der Waals surface area (Å²) >= 11 is 0. The van der Waals surface area contributed by atoms with Crippen LogP contribution in [0.4, 0.5) is 0 Å². The zero-order valence-corrected chi connectivity index (χ0v) is 13.3. The van der Waals surface area contributed by atoms with Crippen LogP contribution in [-0.4, -0.2) is 29.9 Å². The highest BCUT2D eigenvalue weighted by molar-refractivity contribution is 5.96. The van der Waals surface area contributed by atoms with Gasteiger partial charge in [0.25, 0.3) is 0 Å². The van der Waals surface area contributed by atoms with Crippen molar-refractivity contribution in [1.82, 2.24) is 0 Å². The van der Waals surface area contributed by atoms with Crippen molar-refractivity contribution in [3.63, 3.8) is 0 Å². The Hall–Kier alpha value is -1.91. The molecule has 0 amide bonds. The van der Waals surface area contributed by atoms with E-state index in [0.29, 0.717) is 24.8 Å². The zero-order valence-electron chi connectivity index (χ0n) is 13.3. The smallest absolute Gasteiger partial charge is 0.309 e. The van der Waals surface area contributed by atoms with Gasteiger partial charge >= 0.3 is 11.9 Å². The molecule has 0 spiro atoms. The van der Waals surface area contributed by atoms with Crippen LogP contribution in [0.1, 0.15) is 40.0 Å². The Morgan fingerprint density at radius 2 is 2.05 bits per heavy atom. The Kier molecular flexibility index (Phi) is 4.84. The highest BCUT2D eigenvalue weighted by atomic mass is 16.6. The van der Waals surface area contributed by atoms with E-state index < -0.39 is 12.1 Å². The van der Waals surface area contributed by atoms with Crippen LogP contribution in [0.2, 0.25) is 0 Å². The lowest BCUT2D eigenvalue weighted by atomic mass is 9.82. The van der Waals surface area contributed by atoms with E-state index in [0.717, 1.165) is 5.57 Å². The molecule has 22 heavy (non-hydrogen) atoms. The monoisotopic (exact) mass is 306 g/mol. The maximum atomic E-state index is 12.2. The number of hydrogen-bond donors (Lipinski definition) is 0. The topological polar surface area (TPSA) is 69.7 Å². The lowest BCUT2D eigenvalue weighted by molar-refractivity contribution is -0.146. The van der Waals surface area contributed by atoms with E-state index in [9.17, 15) is 14.4 Å². The Morgan fingerprint density at radius 1 is 1.36 bits per heavy atom. The van der Waals surface area contributed by atoms with Gasteiger partial charge in [0.05, 0.1) is 5.92 Å². The minimum Gasteiger partial charge on any atom is -0.458 e. The molecule has 1 aliphatic heterocycles. The van der Waals surface area contributed by atoms with Crippen molar-refractivity contribution < 1.29 is 23.9 Å². The standard InChI is InChI=1S/C17H22O5/c1-9-5-6-14(19)11(3)15(21-12(4)18)8-13-10(2)17(20)22-16(13)7-9/h7,10,13,15-16H,3,5-6,8H2,1-2,4H3/b9-7+/t10-,13-,15-,16+/m1/s1. The molecule has 5 nitrogen and oxygen atoms in total. The number of hydrogen-bond acceptors (Lipinski definition) is 5. The van der Waals surface area contributed by atoms with E-state index in [1.807, 2.05) is 13.0 Å². The SMILES string of the molecule is C=C1C(=O)CC/C(C)=C/[C@@H]2OC(=O)[C@H](C)[C@H]2C[C@H]1OC(C)=O. The van der Waals surface area contributed by atoms with E-state index in [4.69, 9.17) is 9.47 Å². The fourth-order valence-electron chi connectivity index (χ4n) is 3.01. The summed E-state index contributed by atoms with van der Waals surface area (Å²) in [4.78, 5) is 35.4. The number of Topliss-reactive ketones (excluding diaryl/α,β-unsaturated/α-hetero) is 1. The quantitative estimate of drug-likeness (QED) is 0.422. The third kappa shape index (κ3) is 3.46. The molecule has 120 valence electrons. The molecule has 0 unspecified atom stereocenters. The number of esters is 2. The molecule has 2 aliphatic rings. The molecule has 2 rings (SSSR count). The molecule has 0 radical (unpaired) electrons. The van der Waals surface area contributed by atoms with Crippen molar-refractivity contribution in [1.29, 1.82) is 0 Å². The van der Waals surface area contributed by atoms with Crippen molar-refractivity contribution in [2.45, 2.75) is 52.2 Å². The average molecular weight is 306 g/mol. The van der Waals surface area contributed by atoms with Gasteiger partial charge in [0.2, 0.25) is 0 Å². The molecule has 0 aromatic rings. The maximum absolute atomic E-state index is 12.2. The Morgan fingerprint density at radius 3 is 2.68 bits per heavy atom. The first-order chi connectivity index (χ1) is 10.3. The first-order valence-electron chi connectivity index (χ1n) is 7.56. The minimum absolute atomic E-state index is 0.102. The van der Waals surface area contributed by atoms with Crippen LogP contribution in [0.25, 0.3) is 0 Å². The Balaban J connectivity index is 2.34. The summed E-state index contributed by atoms with van der Waals surface area (Å²) in [6.07, 6.45) is 2.16. The highest BCUT2D eigenvalue weighted by Crippen LogP contribution is 2.36. The first kappa shape index (κ1) is 16.5. The largest absolute Gasteiger partial charge is 0.458 e. The molecule has 5 heteroatoms. The average Bonchev–Trinajstić information content (AvgIpc) is 2.69. The molecule has 0 saturated carbocycles. The summed E-state index contributed by atoms with van der Waals surface area (Å²) in [5.74, 6) is -1.24. The normalized spacial score (nSPS) is 35.2. The van der Waals surface area contributed by atoms with E-state index in [2.05, 4.69) is 6.58 Å². The van der Waals surface area contributed by atoms with Gasteiger partial charge < -0.3 is 9.47 Å². The van der Waals surface area contributed by atoms with Gasteiger partial charge in [-0.2, -0.15) is 0 Å². The molecule has 1 heterocycles. The fourth-order valence-corrected chi connectivity index (χ4v) is 3.01. The summed E-state index contributed by atoms with van der Waals surface area (Å²) in [5, 5.41) is 0. The van der Waals surface area contributed by atoms with Crippen molar-refractivity contribution in [3.05, 3.63) is 23.8 Å². The number of ketones is 1. The van der Waals surface area contributed by atoms with Gasteiger partial charge in [0.1, 0.15) is 12.2 Å². The summed E-state index contributed by atoms with van der Waals surface area (Å²) in [5.41, 5.74) is 1.32. The number of carbonyl (C=O) groups excluding carboxylic acids is 3. The van der Waals surface area contributed by atoms with E-state index in [1.54, 1.807) is 6.92 Å². The lowest BCUT2D eigenvalue weighted by Crippen LogP contribution is -2.31. The van der Waals surface area contributed by atoms with Gasteiger partial charge in [-0.3, -0.25) is 14.4 Å². The molecule has 0 aromatic carbocycles. The van der Waals surface area contributed by atoms with Crippen molar-refractivity contribution in [2.24, 2.45) is 11.8 Å². The Bertz CT molecular complexity index is 545. The molecule has 0 aromatic heterocycles. The lowest BCUT2D eigenvalue weighted by Gasteiger charge is -2.26. The van der Waals surface area contributed by atoms with Crippen LogP contribution in [0.3, 0.4) is 0 Å². The van der Waals surface area contributed by atoms with E-state index >= 15 is 0 Å². The van der Waals surface area contributed by atoms with Gasteiger partial charge in [-0.15, -0.1) is 0 Å². The van der Waals surface area contributed by atoms with Crippen LogP contribution >= 0.6 is 0 Å². The van der Waals surface area contributed by atoms with Gasteiger partial charge in [-0.1, -0.05) is 19.1 Å². The van der Waals surface area contributed by atoms with Crippen molar-refractivity contribution in [2.75, 3.05) is 0 Å². The van der Waals surface area contributed by atoms with Crippen molar-refractivity contribution >= 4 is 17.7 Å². The molecular formula is C17H22O5. The fraction of sp³-hybridized carbons (Fsp3) is 0.588. The van der Waals surface area contributed by atoms with Gasteiger partial charge in [0, 0.05) is 24.8 Å². The van der Waals surface area contributed by atoms with Gasteiger partial charge in [-0.05, 0) is 25.8 Å². The van der Waals surface area contributed by atoms with Crippen LogP contribution in [-0.2, 0) is 23.9 Å². The summed E-state index contributed by atoms with van der Waals surface area (Å²) in [6, 6.07) is 0. The minimum atomic E-state index is -0.693. The summed E-state index contributed by atoms with van der Waals surface area (Å²) < 4.78 is 10.7.